The van der Waals surface area contributed by atoms with Crippen molar-refractivity contribution in [3.63, 3.8) is 0 Å². The van der Waals surface area contributed by atoms with Crippen molar-refractivity contribution in [1.82, 2.24) is 15.3 Å². The van der Waals surface area contributed by atoms with Crippen molar-refractivity contribution in [3.05, 3.63) is 146 Å². The first-order valence-corrected chi connectivity index (χ1v) is 12.1. The van der Waals surface area contributed by atoms with Crippen molar-refractivity contribution in [2.75, 3.05) is 0 Å². The molecule has 5 aromatic rings. The number of carbonyl (C=O) groups is 1. The molecule has 0 aliphatic rings. The number of nitrogens with zero attached hydrogens (tertiary/aromatic N) is 1. The Kier molecular flexibility index (Phi) is 6.92. The highest BCUT2D eigenvalue weighted by molar-refractivity contribution is 6.31. The van der Waals surface area contributed by atoms with E-state index in [0.717, 1.165) is 38.6 Å². The first-order chi connectivity index (χ1) is 17.5. The van der Waals surface area contributed by atoms with Crippen LogP contribution in [0, 0.1) is 0 Å². The lowest BCUT2D eigenvalue weighted by Crippen LogP contribution is -2.23. The van der Waals surface area contributed by atoms with Crippen LogP contribution in [-0.4, -0.2) is 15.9 Å². The second kappa shape index (κ2) is 10.6. The van der Waals surface area contributed by atoms with E-state index in [9.17, 15) is 9.59 Å². The Balaban J connectivity index is 1.22. The van der Waals surface area contributed by atoms with E-state index in [0.29, 0.717) is 30.0 Å². The summed E-state index contributed by atoms with van der Waals surface area (Å²) in [6.07, 6.45) is 6.24. The molecule has 5 rings (SSSR count). The summed E-state index contributed by atoms with van der Waals surface area (Å²) in [7, 11) is 0. The predicted molar refractivity (Wildman–Crippen MR) is 143 cm³/mol. The molecule has 2 heterocycles. The van der Waals surface area contributed by atoms with E-state index in [1.807, 2.05) is 78.9 Å². The summed E-state index contributed by atoms with van der Waals surface area (Å²) in [6.45, 7) is 0.414. The average Bonchev–Trinajstić information content (AvgIpc) is 2.89. The summed E-state index contributed by atoms with van der Waals surface area (Å²) in [4.78, 5) is 31.7. The molecule has 2 aromatic heterocycles. The summed E-state index contributed by atoms with van der Waals surface area (Å²) in [5, 5.41) is 5.81. The molecule has 6 heteroatoms. The third-order valence-electron chi connectivity index (χ3n) is 6.10. The number of hydrogen-bond donors (Lipinski definition) is 2. The Morgan fingerprint density at radius 2 is 1.56 bits per heavy atom. The van der Waals surface area contributed by atoms with E-state index >= 15 is 0 Å². The van der Waals surface area contributed by atoms with Gasteiger partial charge in [-0.15, -0.1) is 0 Å². The van der Waals surface area contributed by atoms with Gasteiger partial charge in [-0.2, -0.15) is 0 Å². The van der Waals surface area contributed by atoms with Gasteiger partial charge in [-0.05, 0) is 69.8 Å². The molecule has 0 atom stereocenters. The minimum atomic E-state index is -0.168. The van der Waals surface area contributed by atoms with Crippen LogP contribution in [0.3, 0.4) is 0 Å². The van der Waals surface area contributed by atoms with Crippen molar-refractivity contribution in [3.8, 4) is 0 Å². The molecule has 5 nitrogen and oxygen atoms in total. The number of benzene rings is 3. The number of fused-ring (bicyclic) bond motifs is 1. The standard InChI is InChI=1S/C30H24ClN3O2/c31-28-10-9-24-8-7-22(14-26(24)16-28)18-34-30(36)27-15-23(17-32-19-27)12-20-3-5-21(6-4-20)13-25-2-1-11-33-29(25)35/h1-11,14-17,19H,12-13,18H2,(H,33,35)(H,34,36). The van der Waals surface area contributed by atoms with E-state index < -0.39 is 0 Å². The zero-order chi connectivity index (χ0) is 24.9. The van der Waals surface area contributed by atoms with Gasteiger partial charge in [0.2, 0.25) is 0 Å². The van der Waals surface area contributed by atoms with Crippen LogP contribution < -0.4 is 10.9 Å². The van der Waals surface area contributed by atoms with Crippen molar-refractivity contribution >= 4 is 28.3 Å². The number of aromatic amines is 1. The number of amides is 1. The lowest BCUT2D eigenvalue weighted by Gasteiger charge is -2.09. The molecule has 0 saturated carbocycles. The molecule has 0 radical (unpaired) electrons. The maximum absolute atomic E-state index is 12.8. The van der Waals surface area contributed by atoms with Crippen LogP contribution in [0.1, 0.15) is 38.2 Å². The van der Waals surface area contributed by atoms with Crippen LogP contribution in [0.2, 0.25) is 5.02 Å². The van der Waals surface area contributed by atoms with Crippen molar-refractivity contribution in [2.24, 2.45) is 0 Å². The normalized spacial score (nSPS) is 10.9. The minimum Gasteiger partial charge on any atom is -0.348 e. The number of nitrogens with one attached hydrogen (secondary N) is 2. The monoisotopic (exact) mass is 493 g/mol. The summed E-state index contributed by atoms with van der Waals surface area (Å²) in [5.74, 6) is -0.168. The van der Waals surface area contributed by atoms with Gasteiger partial charge in [0.05, 0.1) is 5.56 Å². The van der Waals surface area contributed by atoms with Gasteiger partial charge in [0.25, 0.3) is 11.5 Å². The lowest BCUT2D eigenvalue weighted by atomic mass is 10.0. The largest absolute Gasteiger partial charge is 0.348 e. The van der Waals surface area contributed by atoms with Crippen LogP contribution in [0.4, 0.5) is 0 Å². The molecule has 0 unspecified atom stereocenters. The lowest BCUT2D eigenvalue weighted by molar-refractivity contribution is 0.0950. The molecule has 1 amide bonds. The van der Waals surface area contributed by atoms with E-state index in [-0.39, 0.29) is 11.5 Å². The number of rotatable bonds is 7. The summed E-state index contributed by atoms with van der Waals surface area (Å²) >= 11 is 6.11. The van der Waals surface area contributed by atoms with E-state index in [1.54, 1.807) is 18.6 Å². The molecule has 0 spiro atoms. The molecule has 2 N–H and O–H groups in total. The van der Waals surface area contributed by atoms with Crippen molar-refractivity contribution in [2.45, 2.75) is 19.4 Å². The van der Waals surface area contributed by atoms with Gasteiger partial charge in [0.15, 0.2) is 0 Å². The SMILES string of the molecule is O=C(NCc1ccc2ccc(Cl)cc2c1)c1cncc(Cc2ccc(Cc3ccc[nH]c3=O)cc2)c1. The third-order valence-corrected chi connectivity index (χ3v) is 6.34. The van der Waals surface area contributed by atoms with Gasteiger partial charge in [-0.3, -0.25) is 14.6 Å². The fourth-order valence-corrected chi connectivity index (χ4v) is 4.38. The molecule has 36 heavy (non-hydrogen) atoms. The van der Waals surface area contributed by atoms with Crippen LogP contribution in [0.5, 0.6) is 0 Å². The Morgan fingerprint density at radius 1 is 0.806 bits per heavy atom. The Morgan fingerprint density at radius 3 is 2.36 bits per heavy atom. The molecule has 0 bridgehead atoms. The predicted octanol–water partition coefficient (Wildman–Crippen LogP) is 5.69. The topological polar surface area (TPSA) is 74.8 Å². The van der Waals surface area contributed by atoms with Crippen LogP contribution in [0.25, 0.3) is 10.8 Å². The zero-order valence-electron chi connectivity index (χ0n) is 19.5. The minimum absolute atomic E-state index is 0.0623. The number of H-pyrrole nitrogens is 1. The molecule has 0 fully saturated rings. The first-order valence-electron chi connectivity index (χ1n) is 11.7. The second-order valence-corrected chi connectivity index (χ2v) is 9.22. The Hall–Kier alpha value is -4.22. The Labute approximate surface area is 213 Å². The zero-order valence-corrected chi connectivity index (χ0v) is 20.3. The highest BCUT2D eigenvalue weighted by Gasteiger charge is 2.09. The summed E-state index contributed by atoms with van der Waals surface area (Å²) in [6, 6.07) is 25.5. The quantitative estimate of drug-likeness (QED) is 0.306. The molecule has 0 aliphatic carbocycles. The summed E-state index contributed by atoms with van der Waals surface area (Å²) in [5.41, 5.74) is 5.33. The van der Waals surface area contributed by atoms with Gasteiger partial charge in [-0.25, -0.2) is 0 Å². The molecule has 3 aromatic carbocycles. The maximum atomic E-state index is 12.8. The fourth-order valence-electron chi connectivity index (χ4n) is 4.20. The highest BCUT2D eigenvalue weighted by atomic mass is 35.5. The average molecular weight is 494 g/mol. The second-order valence-electron chi connectivity index (χ2n) is 8.78. The van der Waals surface area contributed by atoms with Gasteiger partial charge in [0.1, 0.15) is 0 Å². The molecular formula is C30H24ClN3O2. The third kappa shape index (κ3) is 5.70. The number of carbonyl (C=O) groups excluding carboxylic acids is 1. The van der Waals surface area contributed by atoms with Gasteiger partial charge in [-0.1, -0.05) is 60.1 Å². The molecule has 0 saturated heterocycles. The highest BCUT2D eigenvalue weighted by Crippen LogP contribution is 2.21. The number of pyridine rings is 2. The Bertz CT molecular complexity index is 1590. The number of hydrogen-bond acceptors (Lipinski definition) is 3. The van der Waals surface area contributed by atoms with Gasteiger partial charge >= 0.3 is 0 Å². The van der Waals surface area contributed by atoms with E-state index in [2.05, 4.69) is 15.3 Å². The molecule has 178 valence electrons. The van der Waals surface area contributed by atoms with Crippen molar-refractivity contribution in [1.29, 1.82) is 0 Å². The molecular weight excluding hydrogens is 470 g/mol. The first kappa shape index (κ1) is 23.5. The number of aromatic nitrogens is 2. The molecule has 0 aliphatic heterocycles. The van der Waals surface area contributed by atoms with Gasteiger partial charge in [0, 0.05) is 42.1 Å². The fraction of sp³-hybridized carbons (Fsp3) is 0.100. The van der Waals surface area contributed by atoms with Crippen LogP contribution in [-0.2, 0) is 19.4 Å². The number of halogens is 1. The van der Waals surface area contributed by atoms with Crippen LogP contribution >= 0.6 is 11.6 Å². The van der Waals surface area contributed by atoms with E-state index in [1.165, 1.54) is 0 Å². The van der Waals surface area contributed by atoms with E-state index in [4.69, 9.17) is 11.6 Å². The summed E-state index contributed by atoms with van der Waals surface area (Å²) < 4.78 is 0. The maximum Gasteiger partial charge on any atom is 0.253 e. The van der Waals surface area contributed by atoms with Crippen molar-refractivity contribution < 1.29 is 4.79 Å². The smallest absolute Gasteiger partial charge is 0.253 e. The van der Waals surface area contributed by atoms with Crippen LogP contribution in [0.15, 0.2) is 102 Å². The van der Waals surface area contributed by atoms with Gasteiger partial charge < -0.3 is 10.3 Å².